The van der Waals surface area contributed by atoms with Crippen LogP contribution in [-0.2, 0) is 17.2 Å². The fraction of sp³-hybridized carbons (Fsp3) is 0.328. The molecule has 1 atom stereocenters. The first-order valence-corrected chi connectivity index (χ1v) is 26.0. The second-order valence-corrected chi connectivity index (χ2v) is 21.3. The average molecular weight is 967 g/mol. The molecule has 7 aromatic carbocycles. The Morgan fingerprint density at radius 1 is 0.722 bits per heavy atom. The Morgan fingerprint density at radius 2 is 1.38 bits per heavy atom. The van der Waals surface area contributed by atoms with Crippen molar-refractivity contribution in [2.75, 3.05) is 31.1 Å². The molecule has 0 spiro atoms. The van der Waals surface area contributed by atoms with Gasteiger partial charge in [-0.25, -0.2) is 4.39 Å². The maximum atomic E-state index is 14.6. The molecule has 0 N–H and O–H groups in total. The smallest absolute Gasteiger partial charge is 0.416 e. The van der Waals surface area contributed by atoms with E-state index in [0.717, 1.165) is 67.7 Å². The molecule has 72 heavy (non-hydrogen) atoms. The molecule has 4 aliphatic rings. The lowest BCUT2D eigenvalue weighted by molar-refractivity contribution is -0.137. The second-order valence-electron chi connectivity index (χ2n) is 21.3. The summed E-state index contributed by atoms with van der Waals surface area (Å²) < 4.78 is 65.5. The molecule has 1 unspecified atom stereocenters. The van der Waals surface area contributed by atoms with Crippen LogP contribution in [0.3, 0.4) is 0 Å². The van der Waals surface area contributed by atoms with Gasteiger partial charge in [-0.05, 0) is 143 Å². The van der Waals surface area contributed by atoms with Crippen molar-refractivity contribution < 1.29 is 27.1 Å². The normalized spacial score (nSPS) is 20.2. The number of carbonyl (C=O) groups excluding carboxylic acids is 1. The van der Waals surface area contributed by atoms with Crippen molar-refractivity contribution in [3.05, 3.63) is 195 Å². The summed E-state index contributed by atoms with van der Waals surface area (Å²) in [6, 6.07) is 41.5. The number of piperazine rings is 1. The Morgan fingerprint density at radius 3 is 2.03 bits per heavy atom. The van der Waals surface area contributed by atoms with Crippen LogP contribution in [0.15, 0.2) is 140 Å². The third-order valence-electron chi connectivity index (χ3n) is 16.5. The van der Waals surface area contributed by atoms with E-state index in [-0.39, 0.29) is 5.91 Å². The molecule has 4 nitrogen and oxygen atoms in total. The summed E-state index contributed by atoms with van der Waals surface area (Å²) in [6.07, 6.45) is 10.0. The fourth-order valence-electron chi connectivity index (χ4n) is 12.4. The number of benzene rings is 7. The number of unbranched alkanes of at least 4 members (excludes halogenated alkanes) is 2. The number of anilines is 1. The first-order valence-electron chi connectivity index (χ1n) is 26.0. The van der Waals surface area contributed by atoms with Crippen LogP contribution in [0.4, 0.5) is 23.2 Å². The third kappa shape index (κ3) is 8.58. The molecule has 2 aliphatic carbocycles. The van der Waals surface area contributed by atoms with Crippen LogP contribution in [0.1, 0.15) is 133 Å². The second kappa shape index (κ2) is 18.7. The first-order chi connectivity index (χ1) is 34.7. The van der Waals surface area contributed by atoms with Gasteiger partial charge in [0.2, 0.25) is 0 Å². The zero-order chi connectivity index (χ0) is 49.9. The molecule has 11 rings (SSSR count). The topological polar surface area (TPSA) is 32.8 Å². The van der Waals surface area contributed by atoms with Gasteiger partial charge in [-0.2, -0.15) is 13.2 Å². The van der Waals surface area contributed by atoms with Crippen LogP contribution in [0.2, 0.25) is 0 Å². The van der Waals surface area contributed by atoms with Gasteiger partial charge in [0.15, 0.2) is 5.60 Å². The molecule has 2 aliphatic heterocycles. The van der Waals surface area contributed by atoms with E-state index in [2.05, 4.69) is 80.3 Å². The lowest BCUT2D eigenvalue weighted by atomic mass is 9.76. The Bertz CT molecular complexity index is 3130. The molecule has 8 heteroatoms. The number of amides is 1. The first kappa shape index (κ1) is 47.6. The summed E-state index contributed by atoms with van der Waals surface area (Å²) in [5.74, 6) is 1.52. The standard InChI is InChI=1S/C64H62F4N2O2/c1-5-6-7-8-42-11-13-43(14-12-42)44-15-17-45(18-16-44)46-19-21-47(22-20-46)61(71)70-37-35-69(36-38-70)52-30-32-57-56(40-52)58-53-31-27-50(64(66,67)68)39-55(53)60-54(59(58)62(57,3)4)33-34-63(72-60,48-23-9-41(2)10-24-48)49-25-28-51(65)29-26-49/h9-10,15-34,39-40,42-43H,5-8,11-14,35-38H2,1-4H3. The summed E-state index contributed by atoms with van der Waals surface area (Å²) in [5, 5.41) is 1.02. The third-order valence-corrected chi connectivity index (χ3v) is 16.5. The molecule has 1 saturated carbocycles. The number of carbonyl (C=O) groups is 1. The molecule has 0 aromatic heterocycles. The van der Waals surface area contributed by atoms with Crippen molar-refractivity contribution in [3.8, 4) is 28.0 Å². The minimum atomic E-state index is -4.59. The molecular formula is C64H62F4N2O2. The summed E-state index contributed by atoms with van der Waals surface area (Å²) in [6.45, 7) is 11.0. The van der Waals surface area contributed by atoms with Crippen molar-refractivity contribution in [3.63, 3.8) is 0 Å². The SMILES string of the molecule is CCCCCC1CCC(c2ccc(-c3ccc(C(=O)N4CCN(c5ccc6c(c5)-c5c(c7c(c8cc(C(F)(F)F)ccc58)OC(c5ccc(C)cc5)(c5ccc(F)cc5)C=C7)C6(C)C)CC4)cc3)cc2)CC1. The molecule has 7 aromatic rings. The summed E-state index contributed by atoms with van der Waals surface area (Å²) in [4.78, 5) is 18.2. The van der Waals surface area contributed by atoms with Crippen molar-refractivity contribution in [1.82, 2.24) is 4.90 Å². The van der Waals surface area contributed by atoms with Gasteiger partial charge in [0.05, 0.1) is 5.56 Å². The highest BCUT2D eigenvalue weighted by Gasteiger charge is 2.45. The van der Waals surface area contributed by atoms with Crippen molar-refractivity contribution in [2.24, 2.45) is 5.92 Å². The number of ether oxygens (including phenoxy) is 1. The van der Waals surface area contributed by atoms with Crippen LogP contribution in [0, 0.1) is 18.7 Å². The average Bonchev–Trinajstić information content (AvgIpc) is 3.64. The molecule has 2 heterocycles. The number of halogens is 4. The Hall–Kier alpha value is -6.67. The zero-order valence-corrected chi connectivity index (χ0v) is 41.7. The number of hydrogen-bond acceptors (Lipinski definition) is 3. The number of fused-ring (bicyclic) bond motifs is 8. The molecular weight excluding hydrogens is 905 g/mol. The van der Waals surface area contributed by atoms with Crippen LogP contribution < -0.4 is 9.64 Å². The Kier molecular flexibility index (Phi) is 12.4. The van der Waals surface area contributed by atoms with Gasteiger partial charge in [-0.15, -0.1) is 0 Å². The highest BCUT2D eigenvalue weighted by Crippen LogP contribution is 2.59. The predicted octanol–water partition coefficient (Wildman–Crippen LogP) is 16.4. The van der Waals surface area contributed by atoms with Gasteiger partial charge in [-0.3, -0.25) is 4.79 Å². The maximum absolute atomic E-state index is 14.6. The molecule has 0 bridgehead atoms. The molecule has 1 amide bonds. The van der Waals surface area contributed by atoms with Gasteiger partial charge in [0.1, 0.15) is 11.6 Å². The highest BCUT2D eigenvalue weighted by atomic mass is 19.4. The van der Waals surface area contributed by atoms with Crippen LogP contribution >= 0.6 is 0 Å². The monoisotopic (exact) mass is 966 g/mol. The van der Waals surface area contributed by atoms with Gasteiger partial charge >= 0.3 is 6.18 Å². The number of hydrogen-bond donors (Lipinski definition) is 0. The Labute approximate surface area is 421 Å². The number of alkyl halides is 3. The van der Waals surface area contributed by atoms with Crippen LogP contribution in [0.25, 0.3) is 39.1 Å². The zero-order valence-electron chi connectivity index (χ0n) is 41.7. The quantitative estimate of drug-likeness (QED) is 0.101. The number of nitrogens with zero attached hydrogens (tertiary/aromatic N) is 2. The van der Waals surface area contributed by atoms with Gasteiger partial charge < -0.3 is 14.5 Å². The molecule has 1 saturated heterocycles. The number of aryl methyl sites for hydroxylation is 1. The molecule has 368 valence electrons. The van der Waals surface area contributed by atoms with E-state index >= 15 is 0 Å². The van der Waals surface area contributed by atoms with E-state index in [9.17, 15) is 22.4 Å². The fourth-order valence-corrected chi connectivity index (χ4v) is 12.4. The van der Waals surface area contributed by atoms with E-state index in [0.29, 0.717) is 59.7 Å². The minimum Gasteiger partial charge on any atom is -0.472 e. The van der Waals surface area contributed by atoms with Crippen molar-refractivity contribution >= 4 is 28.4 Å². The van der Waals surface area contributed by atoms with Gasteiger partial charge in [0, 0.05) is 64.9 Å². The van der Waals surface area contributed by atoms with Gasteiger partial charge in [-0.1, -0.05) is 143 Å². The van der Waals surface area contributed by atoms with E-state index in [1.165, 1.54) is 75.1 Å². The number of rotatable bonds is 10. The largest absolute Gasteiger partial charge is 0.472 e. The minimum absolute atomic E-state index is 0.0158. The molecule has 0 radical (unpaired) electrons. The van der Waals surface area contributed by atoms with E-state index in [1.54, 1.807) is 18.2 Å². The van der Waals surface area contributed by atoms with Crippen molar-refractivity contribution in [1.29, 1.82) is 0 Å². The van der Waals surface area contributed by atoms with Gasteiger partial charge in [0.25, 0.3) is 5.91 Å². The summed E-state index contributed by atoms with van der Waals surface area (Å²) in [7, 11) is 0. The Balaban J connectivity index is 0.841. The van der Waals surface area contributed by atoms with Crippen molar-refractivity contribution in [2.45, 2.75) is 102 Å². The highest BCUT2D eigenvalue weighted by molar-refractivity contribution is 6.09. The summed E-state index contributed by atoms with van der Waals surface area (Å²) in [5.41, 5.74) is 9.90. The van der Waals surface area contributed by atoms with E-state index in [4.69, 9.17) is 4.74 Å². The van der Waals surface area contributed by atoms with E-state index < -0.39 is 28.6 Å². The lowest BCUT2D eigenvalue weighted by Gasteiger charge is -2.38. The lowest BCUT2D eigenvalue weighted by Crippen LogP contribution is -2.48. The summed E-state index contributed by atoms with van der Waals surface area (Å²) >= 11 is 0. The van der Waals surface area contributed by atoms with E-state index in [1.807, 2.05) is 60.4 Å². The molecule has 2 fully saturated rings. The maximum Gasteiger partial charge on any atom is 0.416 e. The van der Waals surface area contributed by atoms with Crippen LogP contribution in [0.5, 0.6) is 5.75 Å². The van der Waals surface area contributed by atoms with Crippen LogP contribution in [-0.4, -0.2) is 37.0 Å². The predicted molar refractivity (Wildman–Crippen MR) is 283 cm³/mol.